The minimum absolute atomic E-state index is 0.104. The van der Waals surface area contributed by atoms with Crippen LogP contribution >= 0.6 is 0 Å². The highest BCUT2D eigenvalue weighted by molar-refractivity contribution is 5.82. The molecule has 0 bridgehead atoms. The summed E-state index contributed by atoms with van der Waals surface area (Å²) in [4.78, 5) is 22.4. The Morgan fingerprint density at radius 1 is 1.50 bits per heavy atom. The number of carbonyl (C=O) groups is 2. The Labute approximate surface area is 95.2 Å². The lowest BCUT2D eigenvalue weighted by Gasteiger charge is -2.22. The fraction of sp³-hybridized carbons (Fsp3) is 0.818. The van der Waals surface area contributed by atoms with Crippen molar-refractivity contribution < 1.29 is 19.4 Å². The van der Waals surface area contributed by atoms with Crippen LogP contribution in [0.3, 0.4) is 0 Å². The molecule has 5 heteroatoms. The highest BCUT2D eigenvalue weighted by Gasteiger charge is 2.64. The van der Waals surface area contributed by atoms with E-state index in [4.69, 9.17) is 0 Å². The van der Waals surface area contributed by atoms with Gasteiger partial charge in [0.25, 0.3) is 0 Å². The Balaban J connectivity index is 2.73. The molecule has 0 aromatic carbocycles. The van der Waals surface area contributed by atoms with Crippen LogP contribution in [-0.2, 0) is 9.53 Å². The summed E-state index contributed by atoms with van der Waals surface area (Å²) >= 11 is 0. The third-order valence-corrected chi connectivity index (χ3v) is 3.59. The van der Waals surface area contributed by atoms with Crippen LogP contribution in [0.5, 0.6) is 0 Å². The first-order chi connectivity index (χ1) is 7.52. The van der Waals surface area contributed by atoms with Crippen molar-refractivity contribution in [2.24, 2.45) is 11.3 Å². The molecule has 2 unspecified atom stereocenters. The minimum Gasteiger partial charge on any atom is -0.481 e. The molecular formula is C11H19NO4. The molecule has 1 fully saturated rings. The molecule has 0 aromatic heterocycles. The highest BCUT2D eigenvalue weighted by atomic mass is 16.5. The van der Waals surface area contributed by atoms with Crippen molar-refractivity contribution in [2.75, 3.05) is 7.11 Å². The molecule has 1 rings (SSSR count). The first-order valence-electron chi connectivity index (χ1n) is 5.60. The molecule has 0 aromatic rings. The van der Waals surface area contributed by atoms with Crippen LogP contribution < -0.4 is 5.32 Å². The maximum absolute atomic E-state index is 11.3. The Bertz CT molecular complexity index is 288. The molecular weight excluding hydrogens is 210 g/mol. The van der Waals surface area contributed by atoms with Gasteiger partial charge >= 0.3 is 12.1 Å². The standard InChI is InChI=1S/C11H19NO4/c1-4-7(5-2)11(9(13)14)6-8(11)12-10(15)16-3/h7-8H,4-6H2,1-3H3,(H,12,15)(H,13,14). The van der Waals surface area contributed by atoms with E-state index in [2.05, 4.69) is 10.1 Å². The summed E-state index contributed by atoms with van der Waals surface area (Å²) in [5.41, 5.74) is -0.780. The third-order valence-electron chi connectivity index (χ3n) is 3.59. The first-order valence-corrected chi connectivity index (χ1v) is 5.60. The van der Waals surface area contributed by atoms with Crippen LogP contribution in [-0.4, -0.2) is 30.3 Å². The first kappa shape index (κ1) is 12.8. The Kier molecular flexibility index (Phi) is 3.78. The van der Waals surface area contributed by atoms with Crippen LogP contribution in [0.15, 0.2) is 0 Å². The van der Waals surface area contributed by atoms with Gasteiger partial charge in [0.2, 0.25) is 0 Å². The van der Waals surface area contributed by atoms with Gasteiger partial charge in [0.05, 0.1) is 12.5 Å². The highest BCUT2D eigenvalue weighted by Crippen LogP contribution is 2.54. The predicted molar refractivity (Wildman–Crippen MR) is 58.1 cm³/mol. The van der Waals surface area contributed by atoms with Crippen molar-refractivity contribution in [2.45, 2.75) is 39.2 Å². The van der Waals surface area contributed by atoms with Gasteiger partial charge < -0.3 is 15.2 Å². The van der Waals surface area contributed by atoms with Crippen LogP contribution in [0.4, 0.5) is 4.79 Å². The van der Waals surface area contributed by atoms with E-state index >= 15 is 0 Å². The summed E-state index contributed by atoms with van der Waals surface area (Å²) in [7, 11) is 1.28. The lowest BCUT2D eigenvalue weighted by atomic mass is 9.84. The number of ether oxygens (including phenoxy) is 1. The number of methoxy groups -OCH3 is 1. The predicted octanol–water partition coefficient (Wildman–Crippen LogP) is 1.62. The van der Waals surface area contributed by atoms with Gasteiger partial charge in [-0.2, -0.15) is 0 Å². The monoisotopic (exact) mass is 229 g/mol. The molecule has 1 saturated carbocycles. The van der Waals surface area contributed by atoms with Crippen LogP contribution in [0.1, 0.15) is 33.1 Å². The zero-order valence-corrected chi connectivity index (χ0v) is 9.95. The number of carboxylic acid groups (broad SMARTS) is 1. The number of hydrogen-bond acceptors (Lipinski definition) is 3. The van der Waals surface area contributed by atoms with E-state index < -0.39 is 17.5 Å². The van der Waals surface area contributed by atoms with Gasteiger partial charge in [0.15, 0.2) is 0 Å². The van der Waals surface area contributed by atoms with Crippen molar-refractivity contribution in [1.29, 1.82) is 0 Å². The van der Waals surface area contributed by atoms with E-state index in [1.54, 1.807) is 0 Å². The fourth-order valence-corrected chi connectivity index (χ4v) is 2.54. The largest absolute Gasteiger partial charge is 0.481 e. The Morgan fingerprint density at radius 2 is 2.06 bits per heavy atom. The second kappa shape index (κ2) is 4.72. The molecule has 1 amide bonds. The molecule has 5 nitrogen and oxygen atoms in total. The Morgan fingerprint density at radius 3 is 2.44 bits per heavy atom. The number of rotatable bonds is 5. The lowest BCUT2D eigenvalue weighted by molar-refractivity contribution is -0.146. The molecule has 1 aliphatic rings. The summed E-state index contributed by atoms with van der Waals surface area (Å²) in [5, 5.41) is 11.9. The average molecular weight is 229 g/mol. The molecule has 16 heavy (non-hydrogen) atoms. The second-order valence-electron chi connectivity index (χ2n) is 4.25. The summed E-state index contributed by atoms with van der Waals surface area (Å²) in [5.74, 6) is -0.713. The molecule has 0 saturated heterocycles. The van der Waals surface area contributed by atoms with Gasteiger partial charge in [-0.15, -0.1) is 0 Å². The number of aliphatic carboxylic acids is 1. The van der Waals surface area contributed by atoms with Crippen molar-refractivity contribution in [3.05, 3.63) is 0 Å². The molecule has 2 atom stereocenters. The van der Waals surface area contributed by atoms with Crippen molar-refractivity contribution >= 4 is 12.1 Å². The van der Waals surface area contributed by atoms with E-state index in [1.807, 2.05) is 13.8 Å². The van der Waals surface area contributed by atoms with Gasteiger partial charge in [0, 0.05) is 6.04 Å². The number of amides is 1. The van der Waals surface area contributed by atoms with Crippen molar-refractivity contribution in [1.82, 2.24) is 5.32 Å². The molecule has 0 aliphatic heterocycles. The van der Waals surface area contributed by atoms with Gasteiger partial charge in [-0.05, 0) is 12.3 Å². The fourth-order valence-electron chi connectivity index (χ4n) is 2.54. The van der Waals surface area contributed by atoms with E-state index in [9.17, 15) is 14.7 Å². The van der Waals surface area contributed by atoms with E-state index in [0.29, 0.717) is 6.42 Å². The van der Waals surface area contributed by atoms with Gasteiger partial charge in [-0.1, -0.05) is 26.7 Å². The van der Waals surface area contributed by atoms with Crippen molar-refractivity contribution in [3.63, 3.8) is 0 Å². The molecule has 1 aliphatic carbocycles. The number of alkyl carbamates (subject to hydrolysis) is 1. The second-order valence-corrected chi connectivity index (χ2v) is 4.25. The van der Waals surface area contributed by atoms with Gasteiger partial charge in [-0.3, -0.25) is 4.79 Å². The quantitative estimate of drug-likeness (QED) is 0.751. The third kappa shape index (κ3) is 1.99. The van der Waals surface area contributed by atoms with Gasteiger partial charge in [0.1, 0.15) is 0 Å². The van der Waals surface area contributed by atoms with E-state index in [1.165, 1.54) is 7.11 Å². The summed E-state index contributed by atoms with van der Waals surface area (Å²) in [6, 6.07) is -0.289. The minimum atomic E-state index is -0.817. The zero-order chi connectivity index (χ0) is 12.3. The van der Waals surface area contributed by atoms with Crippen LogP contribution in [0.2, 0.25) is 0 Å². The summed E-state index contributed by atoms with van der Waals surface area (Å²) in [6.45, 7) is 3.96. The average Bonchev–Trinajstić information content (AvgIpc) is 2.95. The number of nitrogens with one attached hydrogen (secondary N) is 1. The molecule has 0 radical (unpaired) electrons. The maximum atomic E-state index is 11.3. The molecule has 0 spiro atoms. The Hall–Kier alpha value is -1.26. The molecule has 0 heterocycles. The SMILES string of the molecule is CCC(CC)C1(C(=O)O)CC1NC(=O)OC. The molecule has 92 valence electrons. The van der Waals surface area contributed by atoms with Crippen molar-refractivity contribution in [3.8, 4) is 0 Å². The summed E-state index contributed by atoms with van der Waals surface area (Å²) < 4.78 is 4.48. The lowest BCUT2D eigenvalue weighted by Crippen LogP contribution is -2.36. The van der Waals surface area contributed by atoms with E-state index in [0.717, 1.165) is 12.8 Å². The van der Waals surface area contributed by atoms with Crippen LogP contribution in [0, 0.1) is 11.3 Å². The number of hydrogen-bond donors (Lipinski definition) is 2. The smallest absolute Gasteiger partial charge is 0.407 e. The normalized spacial score (nSPS) is 27.6. The molecule has 2 N–H and O–H groups in total. The maximum Gasteiger partial charge on any atom is 0.407 e. The summed E-state index contributed by atoms with van der Waals surface area (Å²) in [6.07, 6.45) is 1.56. The van der Waals surface area contributed by atoms with Gasteiger partial charge in [-0.25, -0.2) is 4.79 Å². The number of carbonyl (C=O) groups excluding carboxylic acids is 1. The zero-order valence-electron chi connectivity index (χ0n) is 9.95. The number of carboxylic acids is 1. The van der Waals surface area contributed by atoms with Crippen LogP contribution in [0.25, 0.3) is 0 Å². The van der Waals surface area contributed by atoms with E-state index in [-0.39, 0.29) is 12.0 Å². The topological polar surface area (TPSA) is 75.6 Å².